The second-order valence-corrected chi connectivity index (χ2v) is 5.51. The molecule has 0 bridgehead atoms. The molecule has 1 amide bonds. The van der Waals surface area contributed by atoms with Gasteiger partial charge in [0.25, 0.3) is 0 Å². The van der Waals surface area contributed by atoms with Crippen molar-refractivity contribution in [1.29, 1.82) is 0 Å². The van der Waals surface area contributed by atoms with Gasteiger partial charge in [-0.1, -0.05) is 30.2 Å². The van der Waals surface area contributed by atoms with Gasteiger partial charge in [-0.3, -0.25) is 4.79 Å². The van der Waals surface area contributed by atoms with Gasteiger partial charge in [-0.25, -0.2) is 0 Å². The van der Waals surface area contributed by atoms with E-state index in [0.29, 0.717) is 17.3 Å². The monoisotopic (exact) mass is 295 g/mol. The molecule has 5 heteroatoms. The molecule has 20 heavy (non-hydrogen) atoms. The first-order valence-electron chi connectivity index (χ1n) is 7.23. The Balaban J connectivity index is 1.61. The van der Waals surface area contributed by atoms with Crippen molar-refractivity contribution in [1.82, 2.24) is 10.2 Å². The number of hydrogen-bond acceptors (Lipinski definition) is 3. The summed E-state index contributed by atoms with van der Waals surface area (Å²) >= 11 is 5.99. The van der Waals surface area contributed by atoms with E-state index in [9.17, 15) is 4.79 Å². The molecule has 1 fully saturated rings. The average Bonchev–Trinajstić information content (AvgIpc) is 2.47. The largest absolute Gasteiger partial charge is 0.324 e. The number of benzene rings is 1. The van der Waals surface area contributed by atoms with Crippen LogP contribution in [-0.4, -0.2) is 43.5 Å². The maximum Gasteiger partial charge on any atom is 0.238 e. The van der Waals surface area contributed by atoms with Gasteiger partial charge in [-0.05, 0) is 38.1 Å². The van der Waals surface area contributed by atoms with Crippen LogP contribution in [-0.2, 0) is 4.79 Å². The van der Waals surface area contributed by atoms with E-state index >= 15 is 0 Å². The summed E-state index contributed by atoms with van der Waals surface area (Å²) in [6.07, 6.45) is 3.95. The lowest BCUT2D eigenvalue weighted by molar-refractivity contribution is -0.115. The number of nitrogens with one attached hydrogen (secondary N) is 2. The van der Waals surface area contributed by atoms with Crippen molar-refractivity contribution in [2.24, 2.45) is 0 Å². The first kappa shape index (κ1) is 15.3. The Hall–Kier alpha value is -1.10. The number of anilines is 1. The van der Waals surface area contributed by atoms with Gasteiger partial charge < -0.3 is 15.5 Å². The van der Waals surface area contributed by atoms with Crippen LogP contribution in [0.3, 0.4) is 0 Å². The van der Waals surface area contributed by atoms with Gasteiger partial charge in [0.2, 0.25) is 5.91 Å². The standard InChI is InChI=1S/C15H22ClN3O/c16-13-6-2-3-7-14(13)18-15(20)12-17-8-11-19-9-4-1-5-10-19/h2-3,6-7,17H,1,4-5,8-12H2,(H,18,20). The summed E-state index contributed by atoms with van der Waals surface area (Å²) in [5.41, 5.74) is 0.664. The molecule has 1 aromatic carbocycles. The molecule has 0 aliphatic carbocycles. The highest BCUT2D eigenvalue weighted by molar-refractivity contribution is 6.33. The number of para-hydroxylation sites is 1. The molecule has 4 nitrogen and oxygen atoms in total. The second kappa shape index (κ2) is 8.25. The number of carbonyl (C=O) groups is 1. The predicted molar refractivity (Wildman–Crippen MR) is 83.2 cm³/mol. The zero-order chi connectivity index (χ0) is 14.2. The maximum absolute atomic E-state index is 11.8. The van der Waals surface area contributed by atoms with E-state index in [2.05, 4.69) is 15.5 Å². The molecule has 0 atom stereocenters. The van der Waals surface area contributed by atoms with Gasteiger partial charge in [0, 0.05) is 13.1 Å². The van der Waals surface area contributed by atoms with E-state index < -0.39 is 0 Å². The molecule has 0 aromatic heterocycles. The highest BCUT2D eigenvalue weighted by atomic mass is 35.5. The van der Waals surface area contributed by atoms with Crippen LogP contribution in [0.1, 0.15) is 19.3 Å². The number of rotatable bonds is 6. The Labute approximate surface area is 125 Å². The van der Waals surface area contributed by atoms with E-state index in [1.54, 1.807) is 12.1 Å². The van der Waals surface area contributed by atoms with Crippen LogP contribution < -0.4 is 10.6 Å². The van der Waals surface area contributed by atoms with Crippen molar-refractivity contribution in [3.63, 3.8) is 0 Å². The molecule has 1 aliphatic rings. The third-order valence-electron chi connectivity index (χ3n) is 3.49. The lowest BCUT2D eigenvalue weighted by atomic mass is 10.1. The summed E-state index contributed by atoms with van der Waals surface area (Å²) < 4.78 is 0. The Morgan fingerprint density at radius 2 is 1.95 bits per heavy atom. The van der Waals surface area contributed by atoms with E-state index in [1.807, 2.05) is 12.1 Å². The molecule has 0 saturated carbocycles. The SMILES string of the molecule is O=C(CNCCN1CCCCC1)Nc1ccccc1Cl. The summed E-state index contributed by atoms with van der Waals surface area (Å²) in [6.45, 7) is 4.55. The molecule has 0 spiro atoms. The van der Waals surface area contributed by atoms with E-state index in [-0.39, 0.29) is 5.91 Å². The van der Waals surface area contributed by atoms with Crippen molar-refractivity contribution in [3.05, 3.63) is 29.3 Å². The number of piperidine rings is 1. The van der Waals surface area contributed by atoms with Crippen LogP contribution >= 0.6 is 11.6 Å². The molecule has 1 aliphatic heterocycles. The van der Waals surface area contributed by atoms with Crippen molar-refractivity contribution in [2.75, 3.05) is 38.0 Å². The first-order chi connectivity index (χ1) is 9.75. The molecule has 110 valence electrons. The third kappa shape index (κ3) is 5.12. The van der Waals surface area contributed by atoms with Crippen LogP contribution in [0.25, 0.3) is 0 Å². The van der Waals surface area contributed by atoms with Crippen LogP contribution in [0.5, 0.6) is 0 Å². The summed E-state index contributed by atoms with van der Waals surface area (Å²) in [6, 6.07) is 7.26. The Morgan fingerprint density at radius 1 is 1.20 bits per heavy atom. The molecule has 1 heterocycles. The maximum atomic E-state index is 11.8. The normalized spacial score (nSPS) is 16.1. The fourth-order valence-electron chi connectivity index (χ4n) is 2.38. The number of halogens is 1. The summed E-state index contributed by atoms with van der Waals surface area (Å²) in [5.74, 6) is -0.0586. The molecule has 0 unspecified atom stereocenters. The Kier molecular flexibility index (Phi) is 6.30. The van der Waals surface area contributed by atoms with Crippen molar-refractivity contribution in [3.8, 4) is 0 Å². The van der Waals surface area contributed by atoms with Crippen LogP contribution in [0.2, 0.25) is 5.02 Å². The first-order valence-corrected chi connectivity index (χ1v) is 7.61. The molecular weight excluding hydrogens is 274 g/mol. The van der Waals surface area contributed by atoms with Crippen LogP contribution in [0, 0.1) is 0 Å². The van der Waals surface area contributed by atoms with Gasteiger partial charge in [0.15, 0.2) is 0 Å². The topological polar surface area (TPSA) is 44.4 Å². The number of likely N-dealkylation sites (tertiary alicyclic amines) is 1. The summed E-state index contributed by atoms with van der Waals surface area (Å²) in [4.78, 5) is 14.2. The molecule has 2 rings (SSSR count). The van der Waals surface area contributed by atoms with Crippen molar-refractivity contribution < 1.29 is 4.79 Å². The predicted octanol–water partition coefficient (Wildman–Crippen LogP) is 2.35. The number of hydrogen-bond donors (Lipinski definition) is 2. The zero-order valence-electron chi connectivity index (χ0n) is 11.7. The summed E-state index contributed by atoms with van der Waals surface area (Å²) in [5, 5.41) is 6.54. The minimum absolute atomic E-state index is 0.0586. The van der Waals surface area contributed by atoms with Gasteiger partial charge >= 0.3 is 0 Å². The minimum Gasteiger partial charge on any atom is -0.324 e. The second-order valence-electron chi connectivity index (χ2n) is 5.11. The van der Waals surface area contributed by atoms with E-state index in [0.717, 1.165) is 13.1 Å². The highest BCUT2D eigenvalue weighted by Crippen LogP contribution is 2.19. The van der Waals surface area contributed by atoms with Crippen LogP contribution in [0.15, 0.2) is 24.3 Å². The van der Waals surface area contributed by atoms with Crippen LogP contribution in [0.4, 0.5) is 5.69 Å². The van der Waals surface area contributed by atoms with E-state index in [4.69, 9.17) is 11.6 Å². The highest BCUT2D eigenvalue weighted by Gasteiger charge is 2.09. The van der Waals surface area contributed by atoms with Crippen molar-refractivity contribution in [2.45, 2.75) is 19.3 Å². The lowest BCUT2D eigenvalue weighted by Crippen LogP contribution is -2.38. The smallest absolute Gasteiger partial charge is 0.238 e. The quantitative estimate of drug-likeness (QED) is 0.792. The fourth-order valence-corrected chi connectivity index (χ4v) is 2.56. The Morgan fingerprint density at radius 3 is 2.70 bits per heavy atom. The number of amides is 1. The van der Waals surface area contributed by atoms with Gasteiger partial charge in [-0.2, -0.15) is 0 Å². The van der Waals surface area contributed by atoms with Gasteiger partial charge in [-0.15, -0.1) is 0 Å². The minimum atomic E-state index is -0.0586. The zero-order valence-corrected chi connectivity index (χ0v) is 12.5. The molecule has 1 aromatic rings. The average molecular weight is 296 g/mol. The molecular formula is C15H22ClN3O. The molecule has 0 radical (unpaired) electrons. The number of carbonyl (C=O) groups excluding carboxylic acids is 1. The van der Waals surface area contributed by atoms with Crippen molar-refractivity contribution >= 4 is 23.2 Å². The fraction of sp³-hybridized carbons (Fsp3) is 0.533. The lowest BCUT2D eigenvalue weighted by Gasteiger charge is -2.26. The van der Waals surface area contributed by atoms with Gasteiger partial charge in [0.05, 0.1) is 17.3 Å². The Bertz CT molecular complexity index is 433. The third-order valence-corrected chi connectivity index (χ3v) is 3.82. The molecule has 1 saturated heterocycles. The van der Waals surface area contributed by atoms with E-state index in [1.165, 1.54) is 32.4 Å². The summed E-state index contributed by atoms with van der Waals surface area (Å²) in [7, 11) is 0. The molecule has 2 N–H and O–H groups in total. The van der Waals surface area contributed by atoms with Gasteiger partial charge in [0.1, 0.15) is 0 Å². The number of nitrogens with zero attached hydrogens (tertiary/aromatic N) is 1.